The maximum absolute atomic E-state index is 5.92. The van der Waals surface area contributed by atoms with Gasteiger partial charge in [-0.2, -0.15) is 0 Å². The molecule has 1 saturated heterocycles. The Morgan fingerprint density at radius 2 is 1.95 bits per heavy atom. The summed E-state index contributed by atoms with van der Waals surface area (Å²) < 4.78 is 11.1. The summed E-state index contributed by atoms with van der Waals surface area (Å²) in [5.74, 6) is 1.01. The van der Waals surface area contributed by atoms with Gasteiger partial charge in [0, 0.05) is 45.9 Å². The van der Waals surface area contributed by atoms with Gasteiger partial charge in [0.15, 0.2) is 0 Å². The van der Waals surface area contributed by atoms with Crippen LogP contribution in [0.2, 0.25) is 0 Å². The molecule has 0 unspecified atom stereocenters. The van der Waals surface area contributed by atoms with E-state index >= 15 is 0 Å². The highest BCUT2D eigenvalue weighted by atomic mass is 16.5. The maximum Gasteiger partial charge on any atom is 0.122 e. The predicted molar refractivity (Wildman–Crippen MR) is 90.6 cm³/mol. The number of para-hydroxylation sites is 1. The van der Waals surface area contributed by atoms with Crippen LogP contribution in [0.3, 0.4) is 0 Å². The number of aryl methyl sites for hydroxylation is 1. The molecule has 1 fully saturated rings. The summed E-state index contributed by atoms with van der Waals surface area (Å²) >= 11 is 0. The summed E-state index contributed by atoms with van der Waals surface area (Å²) in [6.07, 6.45) is 1.19. The van der Waals surface area contributed by atoms with Crippen LogP contribution >= 0.6 is 0 Å². The topological polar surface area (TPSA) is 24.9 Å². The second-order valence-electron chi connectivity index (χ2n) is 6.01. The summed E-state index contributed by atoms with van der Waals surface area (Å²) in [6.45, 7) is 11.4. The molecule has 22 heavy (non-hydrogen) atoms. The molecule has 0 N–H and O–H groups in total. The van der Waals surface area contributed by atoms with Crippen molar-refractivity contribution in [3.63, 3.8) is 0 Å². The van der Waals surface area contributed by atoms with Crippen molar-refractivity contribution >= 4 is 0 Å². The van der Waals surface area contributed by atoms with E-state index in [-0.39, 0.29) is 0 Å². The lowest BCUT2D eigenvalue weighted by molar-refractivity contribution is 0.0443. The lowest BCUT2D eigenvalue weighted by atomic mass is 10.1. The third kappa shape index (κ3) is 4.97. The molecule has 0 amide bonds. The fourth-order valence-electron chi connectivity index (χ4n) is 3.05. The van der Waals surface area contributed by atoms with Gasteiger partial charge in [-0.05, 0) is 25.0 Å². The molecule has 1 aromatic rings. The first-order chi connectivity index (χ1) is 10.7. The van der Waals surface area contributed by atoms with Crippen LogP contribution in [0.1, 0.15) is 18.9 Å². The Morgan fingerprint density at radius 3 is 2.68 bits per heavy atom. The molecule has 4 heteroatoms. The van der Waals surface area contributed by atoms with Crippen molar-refractivity contribution in [1.29, 1.82) is 0 Å². The van der Waals surface area contributed by atoms with Gasteiger partial charge in [0.1, 0.15) is 12.4 Å². The van der Waals surface area contributed by atoms with E-state index in [1.54, 1.807) is 7.11 Å². The van der Waals surface area contributed by atoms with Crippen molar-refractivity contribution in [2.75, 3.05) is 53.0 Å². The van der Waals surface area contributed by atoms with Gasteiger partial charge >= 0.3 is 0 Å². The van der Waals surface area contributed by atoms with E-state index in [9.17, 15) is 0 Å². The number of benzene rings is 1. The fraction of sp³-hybridized carbons (Fsp3) is 0.667. The largest absolute Gasteiger partial charge is 0.492 e. The van der Waals surface area contributed by atoms with E-state index in [1.807, 2.05) is 18.2 Å². The molecule has 0 aromatic heterocycles. The predicted octanol–water partition coefficient (Wildman–Crippen LogP) is 2.42. The minimum atomic E-state index is 0.641. The van der Waals surface area contributed by atoms with Crippen LogP contribution in [0, 0.1) is 6.92 Å². The highest BCUT2D eigenvalue weighted by Gasteiger charge is 2.25. The normalized spacial score (nSPS) is 20.2. The minimum absolute atomic E-state index is 0.641. The monoisotopic (exact) mass is 306 g/mol. The molecule has 4 nitrogen and oxygen atoms in total. The Balaban J connectivity index is 1.74. The van der Waals surface area contributed by atoms with Crippen molar-refractivity contribution in [1.82, 2.24) is 9.80 Å². The van der Waals surface area contributed by atoms with E-state index in [2.05, 4.69) is 29.7 Å². The van der Waals surface area contributed by atoms with Gasteiger partial charge in [0.25, 0.3) is 0 Å². The number of methoxy groups -OCH3 is 1. The van der Waals surface area contributed by atoms with Gasteiger partial charge in [-0.1, -0.05) is 25.1 Å². The molecule has 1 aliphatic heterocycles. The standard InChI is InChI=1S/C18H30N2O2/c1-4-17-15-19(9-10-20(17)12-13-21-3)11-14-22-18-8-6-5-7-16(18)2/h5-8,17H,4,9-15H2,1-3H3/t17-/m1/s1. The third-order valence-electron chi connectivity index (χ3n) is 4.50. The first-order valence-corrected chi connectivity index (χ1v) is 8.38. The Labute approximate surface area is 135 Å². The summed E-state index contributed by atoms with van der Waals surface area (Å²) in [4.78, 5) is 5.08. The van der Waals surface area contributed by atoms with E-state index in [4.69, 9.17) is 9.47 Å². The Bertz CT molecular complexity index is 439. The Hall–Kier alpha value is -1.10. The molecule has 1 heterocycles. The number of hydrogen-bond donors (Lipinski definition) is 0. The molecule has 1 aromatic carbocycles. The van der Waals surface area contributed by atoms with Crippen LogP contribution in [0.5, 0.6) is 5.75 Å². The molecule has 124 valence electrons. The molecular formula is C18H30N2O2. The second-order valence-corrected chi connectivity index (χ2v) is 6.01. The van der Waals surface area contributed by atoms with Crippen LogP contribution in [0.4, 0.5) is 0 Å². The smallest absolute Gasteiger partial charge is 0.122 e. The van der Waals surface area contributed by atoms with Crippen molar-refractivity contribution in [3.05, 3.63) is 29.8 Å². The molecule has 1 atom stereocenters. The van der Waals surface area contributed by atoms with Crippen LogP contribution in [0.15, 0.2) is 24.3 Å². The molecule has 0 aliphatic carbocycles. The van der Waals surface area contributed by atoms with Crippen LogP contribution in [-0.4, -0.2) is 68.9 Å². The zero-order valence-electron chi connectivity index (χ0n) is 14.3. The summed E-state index contributed by atoms with van der Waals surface area (Å²) in [7, 11) is 1.78. The van der Waals surface area contributed by atoms with Crippen LogP contribution in [-0.2, 0) is 4.74 Å². The number of nitrogens with zero attached hydrogens (tertiary/aromatic N) is 2. The van der Waals surface area contributed by atoms with E-state index in [0.29, 0.717) is 6.04 Å². The van der Waals surface area contributed by atoms with E-state index in [1.165, 1.54) is 12.0 Å². The third-order valence-corrected chi connectivity index (χ3v) is 4.50. The van der Waals surface area contributed by atoms with Gasteiger partial charge < -0.3 is 9.47 Å². The molecule has 0 radical (unpaired) electrons. The average molecular weight is 306 g/mol. The number of hydrogen-bond acceptors (Lipinski definition) is 4. The molecule has 0 saturated carbocycles. The fourth-order valence-corrected chi connectivity index (χ4v) is 3.05. The van der Waals surface area contributed by atoms with Gasteiger partial charge in [-0.3, -0.25) is 9.80 Å². The Morgan fingerprint density at radius 1 is 1.14 bits per heavy atom. The minimum Gasteiger partial charge on any atom is -0.492 e. The molecule has 2 rings (SSSR count). The van der Waals surface area contributed by atoms with Gasteiger partial charge in [-0.25, -0.2) is 0 Å². The number of ether oxygens (including phenoxy) is 2. The van der Waals surface area contributed by atoms with Gasteiger partial charge in [-0.15, -0.1) is 0 Å². The molecule has 0 bridgehead atoms. The Kier molecular flexibility index (Phi) is 7.16. The number of rotatable bonds is 8. The van der Waals surface area contributed by atoms with E-state index < -0.39 is 0 Å². The molecule has 0 spiro atoms. The highest BCUT2D eigenvalue weighted by molar-refractivity contribution is 5.31. The van der Waals surface area contributed by atoms with Crippen molar-refractivity contribution in [2.45, 2.75) is 26.3 Å². The quantitative estimate of drug-likeness (QED) is 0.736. The van der Waals surface area contributed by atoms with Crippen molar-refractivity contribution in [3.8, 4) is 5.75 Å². The second kappa shape index (κ2) is 9.13. The van der Waals surface area contributed by atoms with Gasteiger partial charge in [0.2, 0.25) is 0 Å². The zero-order valence-corrected chi connectivity index (χ0v) is 14.3. The lowest BCUT2D eigenvalue weighted by Crippen LogP contribution is -2.54. The molecular weight excluding hydrogens is 276 g/mol. The number of piperazine rings is 1. The van der Waals surface area contributed by atoms with Gasteiger partial charge in [0.05, 0.1) is 6.61 Å². The average Bonchev–Trinajstić information content (AvgIpc) is 2.55. The summed E-state index contributed by atoms with van der Waals surface area (Å²) in [5, 5.41) is 0. The van der Waals surface area contributed by atoms with Crippen molar-refractivity contribution < 1.29 is 9.47 Å². The first kappa shape index (κ1) is 17.3. The summed E-state index contributed by atoms with van der Waals surface area (Å²) in [6, 6.07) is 8.86. The van der Waals surface area contributed by atoms with Crippen molar-refractivity contribution in [2.24, 2.45) is 0 Å². The van der Waals surface area contributed by atoms with E-state index in [0.717, 1.165) is 51.7 Å². The lowest BCUT2D eigenvalue weighted by Gasteiger charge is -2.41. The summed E-state index contributed by atoms with van der Waals surface area (Å²) in [5.41, 5.74) is 1.21. The highest BCUT2D eigenvalue weighted by Crippen LogP contribution is 2.17. The zero-order chi connectivity index (χ0) is 15.8. The van der Waals surface area contributed by atoms with Crippen LogP contribution in [0.25, 0.3) is 0 Å². The first-order valence-electron chi connectivity index (χ1n) is 8.38. The SMILES string of the molecule is CC[C@@H]1CN(CCOc2ccccc2C)CCN1CCOC. The van der Waals surface area contributed by atoms with Crippen LogP contribution < -0.4 is 4.74 Å². The maximum atomic E-state index is 5.92. The molecule has 1 aliphatic rings.